The van der Waals surface area contributed by atoms with Crippen LogP contribution < -0.4 is 4.74 Å². The molecule has 2 heterocycles. The maximum Gasteiger partial charge on any atom is 0.273 e. The van der Waals surface area contributed by atoms with Gasteiger partial charge < -0.3 is 9.64 Å². The first-order chi connectivity index (χ1) is 14.1. The molecule has 0 bridgehead atoms. The number of ether oxygens (including phenoxy) is 1. The van der Waals surface area contributed by atoms with Crippen molar-refractivity contribution in [2.45, 2.75) is 32.7 Å². The van der Waals surface area contributed by atoms with Gasteiger partial charge in [0.2, 0.25) is 0 Å². The molecule has 1 aliphatic rings. The molecule has 0 aliphatic carbocycles. The molecule has 5 nitrogen and oxygen atoms in total. The van der Waals surface area contributed by atoms with Gasteiger partial charge in [-0.3, -0.25) is 9.89 Å². The van der Waals surface area contributed by atoms with Crippen LogP contribution in [0.2, 0.25) is 5.02 Å². The first-order valence-corrected chi connectivity index (χ1v) is 10.4. The standard InChI is InChI=1S/C23H24ClN3O2/c1-3-5-13-27-22(16-7-6-8-18(14-16)29-4-2)19-20(25-26-21(19)23(27)28)15-9-11-17(24)12-10-15/h6-12,14,22H,3-5,13H2,1-2H3,(H,25,26). The molecule has 1 aliphatic heterocycles. The van der Waals surface area contributed by atoms with E-state index in [9.17, 15) is 4.79 Å². The fourth-order valence-electron chi connectivity index (χ4n) is 3.87. The van der Waals surface area contributed by atoms with E-state index in [0.717, 1.165) is 41.0 Å². The lowest BCUT2D eigenvalue weighted by atomic mass is 9.96. The molecular formula is C23H24ClN3O2. The number of amides is 1. The van der Waals surface area contributed by atoms with Crippen molar-refractivity contribution in [3.8, 4) is 17.0 Å². The Balaban J connectivity index is 1.83. The van der Waals surface area contributed by atoms with Gasteiger partial charge >= 0.3 is 0 Å². The average molecular weight is 410 g/mol. The quantitative estimate of drug-likeness (QED) is 0.562. The van der Waals surface area contributed by atoms with Crippen LogP contribution in [0.5, 0.6) is 5.75 Å². The van der Waals surface area contributed by atoms with Gasteiger partial charge in [0, 0.05) is 22.7 Å². The van der Waals surface area contributed by atoms with E-state index in [4.69, 9.17) is 16.3 Å². The minimum atomic E-state index is -0.200. The van der Waals surface area contributed by atoms with Crippen molar-refractivity contribution in [1.82, 2.24) is 15.1 Å². The van der Waals surface area contributed by atoms with E-state index < -0.39 is 0 Å². The summed E-state index contributed by atoms with van der Waals surface area (Å²) in [5.41, 5.74) is 4.23. The number of rotatable bonds is 7. The summed E-state index contributed by atoms with van der Waals surface area (Å²) in [6.07, 6.45) is 1.97. The monoisotopic (exact) mass is 409 g/mol. The van der Waals surface area contributed by atoms with Crippen LogP contribution in [-0.2, 0) is 0 Å². The van der Waals surface area contributed by atoms with Crippen molar-refractivity contribution in [2.75, 3.05) is 13.2 Å². The molecule has 0 saturated heterocycles. The number of hydrogen-bond donors (Lipinski definition) is 1. The van der Waals surface area contributed by atoms with Crippen LogP contribution in [0, 0.1) is 0 Å². The molecule has 1 unspecified atom stereocenters. The Morgan fingerprint density at radius 2 is 1.97 bits per heavy atom. The van der Waals surface area contributed by atoms with Gasteiger partial charge in [-0.15, -0.1) is 0 Å². The molecule has 1 N–H and O–H groups in total. The smallest absolute Gasteiger partial charge is 0.273 e. The SMILES string of the molecule is CCCCN1C(=O)c2[nH]nc(-c3ccc(Cl)cc3)c2C1c1cccc(OCC)c1. The third-order valence-corrected chi connectivity index (χ3v) is 5.47. The average Bonchev–Trinajstić information content (AvgIpc) is 3.27. The molecule has 150 valence electrons. The van der Waals surface area contributed by atoms with Gasteiger partial charge in [-0.25, -0.2) is 0 Å². The topological polar surface area (TPSA) is 58.2 Å². The van der Waals surface area contributed by atoms with Gasteiger partial charge in [-0.05, 0) is 43.2 Å². The van der Waals surface area contributed by atoms with Crippen LogP contribution in [0.25, 0.3) is 11.3 Å². The van der Waals surface area contributed by atoms with Crippen LogP contribution in [-0.4, -0.2) is 34.2 Å². The highest BCUT2D eigenvalue weighted by Gasteiger charge is 2.41. The van der Waals surface area contributed by atoms with E-state index in [-0.39, 0.29) is 11.9 Å². The number of carbonyl (C=O) groups is 1. The van der Waals surface area contributed by atoms with E-state index in [0.29, 0.717) is 23.9 Å². The van der Waals surface area contributed by atoms with Gasteiger partial charge in [0.1, 0.15) is 11.4 Å². The first-order valence-electron chi connectivity index (χ1n) is 10.0. The van der Waals surface area contributed by atoms with Gasteiger partial charge in [0.25, 0.3) is 5.91 Å². The highest BCUT2D eigenvalue weighted by atomic mass is 35.5. The number of aromatic amines is 1. The van der Waals surface area contributed by atoms with Crippen molar-refractivity contribution < 1.29 is 9.53 Å². The summed E-state index contributed by atoms with van der Waals surface area (Å²) in [6.45, 7) is 5.39. The number of benzene rings is 2. The fourth-order valence-corrected chi connectivity index (χ4v) is 4.00. The van der Waals surface area contributed by atoms with E-state index >= 15 is 0 Å². The number of carbonyl (C=O) groups excluding carboxylic acids is 1. The molecule has 1 atom stereocenters. The summed E-state index contributed by atoms with van der Waals surface area (Å²) in [7, 11) is 0. The molecule has 3 aromatic rings. The van der Waals surface area contributed by atoms with E-state index in [2.05, 4.69) is 17.1 Å². The third-order valence-electron chi connectivity index (χ3n) is 5.22. The maximum absolute atomic E-state index is 13.2. The van der Waals surface area contributed by atoms with Crippen molar-refractivity contribution >= 4 is 17.5 Å². The molecule has 0 radical (unpaired) electrons. The minimum Gasteiger partial charge on any atom is -0.494 e. The second-order valence-corrected chi connectivity index (χ2v) is 7.56. The summed E-state index contributed by atoms with van der Waals surface area (Å²) < 4.78 is 5.71. The number of hydrogen-bond acceptors (Lipinski definition) is 3. The highest BCUT2D eigenvalue weighted by Crippen LogP contribution is 2.43. The predicted octanol–water partition coefficient (Wildman–Crippen LogP) is 5.47. The zero-order chi connectivity index (χ0) is 20.4. The Hall–Kier alpha value is -2.79. The fraction of sp³-hybridized carbons (Fsp3) is 0.304. The Bertz CT molecular complexity index is 1010. The Morgan fingerprint density at radius 3 is 2.69 bits per heavy atom. The molecule has 0 fully saturated rings. The Kier molecular flexibility index (Phi) is 5.58. The molecule has 1 aromatic heterocycles. The second-order valence-electron chi connectivity index (χ2n) is 7.13. The number of nitrogens with one attached hydrogen (secondary N) is 1. The van der Waals surface area contributed by atoms with E-state index in [1.807, 2.05) is 60.4 Å². The molecular weight excluding hydrogens is 386 g/mol. The zero-order valence-corrected chi connectivity index (χ0v) is 17.4. The molecule has 4 rings (SSSR count). The number of H-pyrrole nitrogens is 1. The molecule has 2 aromatic carbocycles. The highest BCUT2D eigenvalue weighted by molar-refractivity contribution is 6.30. The van der Waals surface area contributed by atoms with Crippen molar-refractivity contribution in [1.29, 1.82) is 0 Å². The van der Waals surface area contributed by atoms with Gasteiger partial charge in [-0.2, -0.15) is 5.10 Å². The lowest BCUT2D eigenvalue weighted by Crippen LogP contribution is -2.30. The summed E-state index contributed by atoms with van der Waals surface area (Å²) in [5, 5.41) is 8.15. The number of fused-ring (bicyclic) bond motifs is 1. The summed E-state index contributed by atoms with van der Waals surface area (Å²) in [6, 6.07) is 15.3. The van der Waals surface area contributed by atoms with E-state index in [1.165, 1.54) is 0 Å². The molecule has 1 amide bonds. The van der Waals surface area contributed by atoms with Gasteiger partial charge in [0.15, 0.2) is 0 Å². The number of nitrogens with zero attached hydrogens (tertiary/aromatic N) is 2. The number of halogens is 1. The lowest BCUT2D eigenvalue weighted by Gasteiger charge is -2.26. The number of aromatic nitrogens is 2. The van der Waals surface area contributed by atoms with Gasteiger partial charge in [0.05, 0.1) is 18.3 Å². The van der Waals surface area contributed by atoms with Crippen LogP contribution >= 0.6 is 11.6 Å². The Morgan fingerprint density at radius 1 is 1.17 bits per heavy atom. The van der Waals surface area contributed by atoms with Crippen LogP contribution in [0.15, 0.2) is 48.5 Å². The molecule has 6 heteroatoms. The Labute approximate surface area is 175 Å². The molecule has 29 heavy (non-hydrogen) atoms. The number of unbranched alkanes of at least 4 members (excludes halogenated alkanes) is 1. The zero-order valence-electron chi connectivity index (χ0n) is 16.6. The van der Waals surface area contributed by atoms with Crippen LogP contribution in [0.4, 0.5) is 0 Å². The van der Waals surface area contributed by atoms with Crippen LogP contribution in [0.3, 0.4) is 0 Å². The largest absolute Gasteiger partial charge is 0.494 e. The van der Waals surface area contributed by atoms with Crippen molar-refractivity contribution in [3.63, 3.8) is 0 Å². The molecule has 0 spiro atoms. The second kappa shape index (κ2) is 8.29. The van der Waals surface area contributed by atoms with Gasteiger partial charge in [-0.1, -0.05) is 49.2 Å². The normalized spacial score (nSPS) is 15.6. The van der Waals surface area contributed by atoms with Crippen molar-refractivity contribution in [3.05, 3.63) is 70.4 Å². The third kappa shape index (κ3) is 3.62. The molecule has 0 saturated carbocycles. The minimum absolute atomic E-state index is 0.00650. The van der Waals surface area contributed by atoms with Crippen LogP contribution in [0.1, 0.15) is 54.3 Å². The van der Waals surface area contributed by atoms with E-state index in [1.54, 1.807) is 0 Å². The first kappa shape index (κ1) is 19.5. The predicted molar refractivity (Wildman–Crippen MR) is 114 cm³/mol. The summed E-state index contributed by atoms with van der Waals surface area (Å²) in [4.78, 5) is 15.1. The lowest BCUT2D eigenvalue weighted by molar-refractivity contribution is 0.0741. The maximum atomic E-state index is 13.2. The summed E-state index contributed by atoms with van der Waals surface area (Å²) >= 11 is 6.06. The van der Waals surface area contributed by atoms with Crippen molar-refractivity contribution in [2.24, 2.45) is 0 Å². The summed E-state index contributed by atoms with van der Waals surface area (Å²) in [5.74, 6) is 0.797.